The zero-order chi connectivity index (χ0) is 21.5. The van der Waals surface area contributed by atoms with Crippen LogP contribution in [0.5, 0.6) is 5.75 Å². The highest BCUT2D eigenvalue weighted by molar-refractivity contribution is 6.04. The van der Waals surface area contributed by atoms with Gasteiger partial charge in [-0.15, -0.1) is 0 Å². The Morgan fingerprint density at radius 2 is 1.93 bits per heavy atom. The summed E-state index contributed by atoms with van der Waals surface area (Å²) in [6, 6.07) is 15.2. The molecule has 0 bridgehead atoms. The maximum Gasteiger partial charge on any atom is 0.317 e. The highest BCUT2D eigenvalue weighted by Gasteiger charge is 2.25. The summed E-state index contributed by atoms with van der Waals surface area (Å²) in [6.45, 7) is 7.91. The van der Waals surface area contributed by atoms with Crippen LogP contribution in [0, 0.1) is 0 Å². The lowest BCUT2D eigenvalue weighted by molar-refractivity contribution is 0.102. The van der Waals surface area contributed by atoms with E-state index in [1.165, 1.54) is 0 Å². The van der Waals surface area contributed by atoms with Gasteiger partial charge in [0.2, 0.25) is 0 Å². The normalized spacial score (nSPS) is 16.3. The lowest BCUT2D eigenvalue weighted by atomic mass is 9.89. The molecule has 0 radical (unpaired) electrons. The van der Waals surface area contributed by atoms with Gasteiger partial charge in [0.25, 0.3) is 5.91 Å². The number of likely N-dealkylation sites (tertiary alicyclic amines) is 1. The number of rotatable bonds is 6. The van der Waals surface area contributed by atoms with E-state index in [2.05, 4.69) is 10.6 Å². The Labute approximate surface area is 178 Å². The maximum atomic E-state index is 12.7. The molecule has 0 saturated carbocycles. The van der Waals surface area contributed by atoms with Gasteiger partial charge in [-0.3, -0.25) is 4.79 Å². The van der Waals surface area contributed by atoms with Crippen LogP contribution in [-0.2, 0) is 0 Å². The van der Waals surface area contributed by atoms with Crippen molar-refractivity contribution < 1.29 is 14.3 Å². The van der Waals surface area contributed by atoms with Crippen LogP contribution >= 0.6 is 0 Å². The van der Waals surface area contributed by atoms with Crippen LogP contribution in [0.25, 0.3) is 0 Å². The van der Waals surface area contributed by atoms with E-state index in [9.17, 15) is 9.59 Å². The molecule has 160 valence electrons. The molecule has 1 unspecified atom stereocenters. The standard InChI is InChI=1S/C24H31N3O3/c1-4-30-22-12-10-21(11-13-22)26-23(28)19-8-5-7-18(15-19)20-9-6-14-27(16-20)24(29)25-17(2)3/h5,7-8,10-13,15,17,20H,4,6,9,14,16H2,1-3H3,(H,25,29)(H,26,28). The van der Waals surface area contributed by atoms with E-state index in [0.29, 0.717) is 18.7 Å². The summed E-state index contributed by atoms with van der Waals surface area (Å²) >= 11 is 0. The van der Waals surface area contributed by atoms with Crippen molar-refractivity contribution >= 4 is 17.6 Å². The minimum absolute atomic E-state index is 0.0147. The summed E-state index contributed by atoms with van der Waals surface area (Å²) in [4.78, 5) is 27.0. The third kappa shape index (κ3) is 5.75. The third-order valence-corrected chi connectivity index (χ3v) is 5.16. The van der Waals surface area contributed by atoms with E-state index >= 15 is 0 Å². The van der Waals surface area contributed by atoms with Crippen LogP contribution in [-0.4, -0.2) is 42.6 Å². The van der Waals surface area contributed by atoms with Gasteiger partial charge in [0.15, 0.2) is 0 Å². The van der Waals surface area contributed by atoms with Crippen molar-refractivity contribution in [3.8, 4) is 5.75 Å². The van der Waals surface area contributed by atoms with Gasteiger partial charge in [0.05, 0.1) is 6.61 Å². The average molecular weight is 410 g/mol. The number of nitrogens with one attached hydrogen (secondary N) is 2. The summed E-state index contributed by atoms with van der Waals surface area (Å²) in [5, 5.41) is 5.90. The van der Waals surface area contributed by atoms with E-state index in [4.69, 9.17) is 4.74 Å². The molecular weight excluding hydrogens is 378 g/mol. The number of amides is 3. The first kappa shape index (κ1) is 21.7. The largest absolute Gasteiger partial charge is 0.494 e. The molecule has 30 heavy (non-hydrogen) atoms. The van der Waals surface area contributed by atoms with Crippen LogP contribution in [0.2, 0.25) is 0 Å². The fourth-order valence-corrected chi connectivity index (χ4v) is 3.71. The number of hydrogen-bond donors (Lipinski definition) is 2. The Morgan fingerprint density at radius 1 is 1.17 bits per heavy atom. The number of benzene rings is 2. The van der Waals surface area contributed by atoms with Crippen LogP contribution in [0.3, 0.4) is 0 Å². The molecule has 1 fully saturated rings. The molecule has 1 atom stereocenters. The van der Waals surface area contributed by atoms with E-state index in [1.807, 2.05) is 74.2 Å². The minimum atomic E-state index is -0.147. The van der Waals surface area contributed by atoms with Crippen molar-refractivity contribution in [2.75, 3.05) is 25.0 Å². The second-order valence-electron chi connectivity index (χ2n) is 7.93. The van der Waals surface area contributed by atoms with Gasteiger partial charge in [-0.2, -0.15) is 0 Å². The van der Waals surface area contributed by atoms with Gasteiger partial charge in [-0.1, -0.05) is 12.1 Å². The molecule has 1 aliphatic rings. The lowest BCUT2D eigenvalue weighted by Gasteiger charge is -2.33. The van der Waals surface area contributed by atoms with Gasteiger partial charge >= 0.3 is 6.03 Å². The molecule has 2 aromatic rings. The SMILES string of the molecule is CCOc1ccc(NC(=O)c2cccc(C3CCCN(C(=O)NC(C)C)C3)c2)cc1. The molecule has 6 nitrogen and oxygen atoms in total. The van der Waals surface area contributed by atoms with Crippen LogP contribution in [0.15, 0.2) is 48.5 Å². The zero-order valence-corrected chi connectivity index (χ0v) is 18.0. The lowest BCUT2D eigenvalue weighted by Crippen LogP contribution is -2.47. The van der Waals surface area contributed by atoms with E-state index in [-0.39, 0.29) is 23.9 Å². The maximum absolute atomic E-state index is 12.7. The fraction of sp³-hybridized carbons (Fsp3) is 0.417. The van der Waals surface area contributed by atoms with E-state index in [1.54, 1.807) is 0 Å². The topological polar surface area (TPSA) is 70.7 Å². The molecule has 0 aliphatic carbocycles. The summed E-state index contributed by atoms with van der Waals surface area (Å²) in [7, 11) is 0. The van der Waals surface area contributed by atoms with Crippen molar-refractivity contribution in [3.63, 3.8) is 0 Å². The number of hydrogen-bond acceptors (Lipinski definition) is 3. The smallest absolute Gasteiger partial charge is 0.317 e. The number of nitrogens with zero attached hydrogens (tertiary/aromatic N) is 1. The Balaban J connectivity index is 1.66. The number of piperidine rings is 1. The summed E-state index contributed by atoms with van der Waals surface area (Å²) in [6.07, 6.45) is 1.97. The third-order valence-electron chi connectivity index (χ3n) is 5.16. The van der Waals surface area contributed by atoms with Crippen molar-refractivity contribution in [2.45, 2.75) is 45.6 Å². The number of ether oxygens (including phenoxy) is 1. The first-order valence-electron chi connectivity index (χ1n) is 10.7. The molecule has 3 amide bonds. The number of anilines is 1. The van der Waals surface area contributed by atoms with Gasteiger partial charge in [0.1, 0.15) is 5.75 Å². The van der Waals surface area contributed by atoms with Crippen molar-refractivity contribution in [1.82, 2.24) is 10.2 Å². The summed E-state index contributed by atoms with van der Waals surface area (Å²) in [5.74, 6) is 0.863. The molecule has 0 spiro atoms. The van der Waals surface area contributed by atoms with Gasteiger partial charge < -0.3 is 20.3 Å². The fourth-order valence-electron chi connectivity index (χ4n) is 3.71. The molecule has 1 saturated heterocycles. The highest BCUT2D eigenvalue weighted by Crippen LogP contribution is 2.28. The second kappa shape index (κ2) is 10.1. The van der Waals surface area contributed by atoms with Crippen LogP contribution in [0.1, 0.15) is 55.5 Å². The predicted octanol–water partition coefficient (Wildman–Crippen LogP) is 4.64. The van der Waals surface area contributed by atoms with Crippen LogP contribution in [0.4, 0.5) is 10.5 Å². The number of urea groups is 1. The Kier molecular flexibility index (Phi) is 7.33. The van der Waals surface area contributed by atoms with Gasteiger partial charge in [0, 0.05) is 36.3 Å². The predicted molar refractivity (Wildman–Crippen MR) is 119 cm³/mol. The monoisotopic (exact) mass is 409 g/mol. The quantitative estimate of drug-likeness (QED) is 0.730. The molecule has 0 aromatic heterocycles. The Morgan fingerprint density at radius 3 is 2.63 bits per heavy atom. The Bertz CT molecular complexity index is 864. The number of carbonyl (C=O) groups excluding carboxylic acids is 2. The average Bonchev–Trinajstić information content (AvgIpc) is 2.75. The van der Waals surface area contributed by atoms with E-state index in [0.717, 1.165) is 36.4 Å². The zero-order valence-electron chi connectivity index (χ0n) is 18.0. The summed E-state index contributed by atoms with van der Waals surface area (Å²) in [5.41, 5.74) is 2.43. The van der Waals surface area contributed by atoms with Gasteiger partial charge in [-0.05, 0) is 75.6 Å². The van der Waals surface area contributed by atoms with E-state index < -0.39 is 0 Å². The van der Waals surface area contributed by atoms with Crippen molar-refractivity contribution in [1.29, 1.82) is 0 Å². The molecule has 6 heteroatoms. The Hall–Kier alpha value is -3.02. The van der Waals surface area contributed by atoms with Gasteiger partial charge in [-0.25, -0.2) is 4.79 Å². The molecule has 1 heterocycles. The van der Waals surface area contributed by atoms with Crippen LogP contribution < -0.4 is 15.4 Å². The van der Waals surface area contributed by atoms with Crippen molar-refractivity contribution in [3.05, 3.63) is 59.7 Å². The highest BCUT2D eigenvalue weighted by atomic mass is 16.5. The van der Waals surface area contributed by atoms with Crippen molar-refractivity contribution in [2.24, 2.45) is 0 Å². The minimum Gasteiger partial charge on any atom is -0.494 e. The summed E-state index contributed by atoms with van der Waals surface area (Å²) < 4.78 is 5.43. The molecular formula is C24H31N3O3. The molecule has 3 rings (SSSR count). The number of carbonyl (C=O) groups is 2. The second-order valence-corrected chi connectivity index (χ2v) is 7.93. The molecule has 2 N–H and O–H groups in total. The molecule has 1 aliphatic heterocycles. The first-order valence-corrected chi connectivity index (χ1v) is 10.7. The first-order chi connectivity index (χ1) is 14.5. The molecule has 2 aromatic carbocycles.